The van der Waals surface area contributed by atoms with Crippen LogP contribution < -0.4 is 5.32 Å². The van der Waals surface area contributed by atoms with Crippen LogP contribution in [0.5, 0.6) is 0 Å². The molecular formula is C17H29NOS. The fourth-order valence-electron chi connectivity index (χ4n) is 2.08. The van der Waals surface area contributed by atoms with Crippen LogP contribution in [0.4, 0.5) is 0 Å². The van der Waals surface area contributed by atoms with E-state index in [2.05, 4.69) is 57.3 Å². The molecule has 2 nitrogen and oxygen atoms in total. The first-order valence-electron chi connectivity index (χ1n) is 7.39. The van der Waals surface area contributed by atoms with E-state index in [1.54, 1.807) is 7.11 Å². The number of methoxy groups -OCH3 is 1. The molecule has 0 aliphatic carbocycles. The summed E-state index contributed by atoms with van der Waals surface area (Å²) in [4.78, 5) is 0. The summed E-state index contributed by atoms with van der Waals surface area (Å²) in [6.07, 6.45) is 0. The van der Waals surface area contributed by atoms with Gasteiger partial charge in [-0.15, -0.1) is 0 Å². The standard InChI is InChI=1S/C17H29NOS/c1-6-18-16(13-20-12-11-19-5)14-7-9-15(10-8-14)17(2,3)4/h7-10,16,18H,6,11-13H2,1-5H3. The van der Waals surface area contributed by atoms with Gasteiger partial charge in [-0.2, -0.15) is 11.8 Å². The maximum Gasteiger partial charge on any atom is 0.0552 e. The minimum atomic E-state index is 0.222. The Kier molecular flexibility index (Phi) is 7.63. The molecule has 20 heavy (non-hydrogen) atoms. The zero-order valence-corrected chi connectivity index (χ0v) is 14.3. The van der Waals surface area contributed by atoms with Crippen LogP contribution in [0.2, 0.25) is 0 Å². The Morgan fingerprint density at radius 1 is 1.20 bits per heavy atom. The summed E-state index contributed by atoms with van der Waals surface area (Å²) in [6, 6.07) is 9.49. The lowest BCUT2D eigenvalue weighted by Crippen LogP contribution is -2.23. The molecule has 114 valence electrons. The van der Waals surface area contributed by atoms with Crippen molar-refractivity contribution in [2.75, 3.05) is 31.8 Å². The van der Waals surface area contributed by atoms with E-state index < -0.39 is 0 Å². The fourth-order valence-corrected chi connectivity index (χ4v) is 3.08. The van der Waals surface area contributed by atoms with Gasteiger partial charge in [-0.05, 0) is 23.1 Å². The van der Waals surface area contributed by atoms with Crippen molar-refractivity contribution in [1.29, 1.82) is 0 Å². The van der Waals surface area contributed by atoms with Crippen molar-refractivity contribution in [3.8, 4) is 0 Å². The maximum atomic E-state index is 5.10. The Hall–Kier alpha value is -0.510. The van der Waals surface area contributed by atoms with Gasteiger partial charge >= 0.3 is 0 Å². The predicted molar refractivity (Wildman–Crippen MR) is 90.8 cm³/mol. The van der Waals surface area contributed by atoms with Crippen LogP contribution in [0.25, 0.3) is 0 Å². The molecule has 0 fully saturated rings. The maximum absolute atomic E-state index is 5.10. The zero-order chi connectivity index (χ0) is 15.0. The first-order chi connectivity index (χ1) is 9.49. The molecule has 0 radical (unpaired) electrons. The summed E-state index contributed by atoms with van der Waals surface area (Å²) in [5.74, 6) is 2.14. The van der Waals surface area contributed by atoms with Crippen LogP contribution in [-0.2, 0) is 10.2 Å². The number of rotatable bonds is 8. The smallest absolute Gasteiger partial charge is 0.0552 e. The van der Waals surface area contributed by atoms with E-state index in [-0.39, 0.29) is 5.41 Å². The molecule has 0 aliphatic heterocycles. The Bertz CT molecular complexity index is 370. The second-order valence-corrected chi connectivity index (χ2v) is 7.20. The van der Waals surface area contributed by atoms with E-state index in [9.17, 15) is 0 Å². The number of nitrogens with one attached hydrogen (secondary N) is 1. The van der Waals surface area contributed by atoms with E-state index in [1.807, 2.05) is 11.8 Å². The zero-order valence-electron chi connectivity index (χ0n) is 13.5. The number of hydrogen-bond donors (Lipinski definition) is 1. The van der Waals surface area contributed by atoms with Crippen LogP contribution in [0.1, 0.15) is 44.9 Å². The average Bonchev–Trinajstić information content (AvgIpc) is 2.41. The number of thioether (sulfide) groups is 1. The molecule has 0 saturated carbocycles. The molecule has 0 spiro atoms. The normalized spacial score (nSPS) is 13.4. The van der Waals surface area contributed by atoms with Crippen molar-refractivity contribution >= 4 is 11.8 Å². The van der Waals surface area contributed by atoms with Crippen LogP contribution in [0.3, 0.4) is 0 Å². The predicted octanol–water partition coefficient (Wildman–Crippen LogP) is 4.01. The van der Waals surface area contributed by atoms with E-state index in [0.29, 0.717) is 6.04 Å². The third kappa shape index (κ3) is 5.86. The summed E-state index contributed by atoms with van der Waals surface area (Å²) in [6.45, 7) is 10.7. The second-order valence-electron chi connectivity index (χ2n) is 6.05. The Morgan fingerprint density at radius 3 is 2.35 bits per heavy atom. The number of ether oxygens (including phenoxy) is 1. The highest BCUT2D eigenvalue weighted by Gasteiger charge is 2.15. The van der Waals surface area contributed by atoms with E-state index in [1.165, 1.54) is 11.1 Å². The average molecular weight is 295 g/mol. The molecule has 1 aromatic rings. The fraction of sp³-hybridized carbons (Fsp3) is 0.647. The molecule has 0 amide bonds. The number of hydrogen-bond acceptors (Lipinski definition) is 3. The van der Waals surface area contributed by atoms with Crippen LogP contribution >= 0.6 is 11.8 Å². The minimum absolute atomic E-state index is 0.222. The topological polar surface area (TPSA) is 21.3 Å². The lowest BCUT2D eigenvalue weighted by atomic mass is 9.86. The molecule has 1 unspecified atom stereocenters. The summed E-state index contributed by atoms with van der Waals surface area (Å²) < 4.78 is 5.10. The monoisotopic (exact) mass is 295 g/mol. The van der Waals surface area contributed by atoms with Gasteiger partial charge in [0.2, 0.25) is 0 Å². The second kappa shape index (κ2) is 8.71. The van der Waals surface area contributed by atoms with Gasteiger partial charge in [-0.3, -0.25) is 0 Å². The van der Waals surface area contributed by atoms with Gasteiger partial charge in [0.1, 0.15) is 0 Å². The largest absolute Gasteiger partial charge is 0.384 e. The molecule has 0 aromatic heterocycles. The molecule has 0 bridgehead atoms. The van der Waals surface area contributed by atoms with Crippen molar-refractivity contribution in [3.63, 3.8) is 0 Å². The summed E-state index contributed by atoms with van der Waals surface area (Å²) in [5.41, 5.74) is 2.99. The van der Waals surface area contributed by atoms with Crippen molar-refractivity contribution in [1.82, 2.24) is 5.32 Å². The molecule has 3 heteroatoms. The Labute approximate surface area is 128 Å². The molecular weight excluding hydrogens is 266 g/mol. The lowest BCUT2D eigenvalue weighted by molar-refractivity contribution is 0.218. The van der Waals surface area contributed by atoms with Gasteiger partial charge in [0.05, 0.1) is 6.61 Å². The highest BCUT2D eigenvalue weighted by atomic mass is 32.2. The van der Waals surface area contributed by atoms with E-state index in [0.717, 1.165) is 24.7 Å². The highest BCUT2D eigenvalue weighted by molar-refractivity contribution is 7.99. The molecule has 1 N–H and O–H groups in total. The Balaban J connectivity index is 2.66. The molecule has 0 saturated heterocycles. The van der Waals surface area contributed by atoms with E-state index >= 15 is 0 Å². The Morgan fingerprint density at radius 2 is 1.85 bits per heavy atom. The third-order valence-corrected chi connectivity index (χ3v) is 4.37. The van der Waals surface area contributed by atoms with Gasteiger partial charge in [0, 0.05) is 24.7 Å². The molecule has 1 rings (SSSR count). The summed E-state index contributed by atoms with van der Waals surface area (Å²) in [5, 5.41) is 3.57. The van der Waals surface area contributed by atoms with Crippen molar-refractivity contribution in [2.24, 2.45) is 0 Å². The summed E-state index contributed by atoms with van der Waals surface area (Å²) in [7, 11) is 1.76. The summed E-state index contributed by atoms with van der Waals surface area (Å²) >= 11 is 1.94. The highest BCUT2D eigenvalue weighted by Crippen LogP contribution is 2.25. The van der Waals surface area contributed by atoms with Gasteiger partial charge in [0.15, 0.2) is 0 Å². The van der Waals surface area contributed by atoms with Crippen molar-refractivity contribution in [3.05, 3.63) is 35.4 Å². The van der Waals surface area contributed by atoms with Crippen LogP contribution in [-0.4, -0.2) is 31.8 Å². The quantitative estimate of drug-likeness (QED) is 0.732. The van der Waals surface area contributed by atoms with E-state index in [4.69, 9.17) is 4.74 Å². The number of benzene rings is 1. The molecule has 1 aromatic carbocycles. The first kappa shape index (κ1) is 17.5. The molecule has 0 aliphatic rings. The minimum Gasteiger partial charge on any atom is -0.384 e. The van der Waals surface area contributed by atoms with Crippen molar-refractivity contribution < 1.29 is 4.74 Å². The van der Waals surface area contributed by atoms with Gasteiger partial charge in [-0.25, -0.2) is 0 Å². The lowest BCUT2D eigenvalue weighted by Gasteiger charge is -2.22. The third-order valence-electron chi connectivity index (χ3n) is 3.35. The van der Waals surface area contributed by atoms with Crippen LogP contribution in [0, 0.1) is 0 Å². The van der Waals surface area contributed by atoms with Crippen molar-refractivity contribution in [2.45, 2.75) is 39.2 Å². The van der Waals surface area contributed by atoms with Crippen LogP contribution in [0.15, 0.2) is 24.3 Å². The first-order valence-corrected chi connectivity index (χ1v) is 8.55. The SMILES string of the molecule is CCNC(CSCCOC)c1ccc(C(C)(C)C)cc1. The molecule has 0 heterocycles. The van der Waals surface area contributed by atoms with Gasteiger partial charge in [-0.1, -0.05) is 52.0 Å². The van der Waals surface area contributed by atoms with Gasteiger partial charge < -0.3 is 10.1 Å². The van der Waals surface area contributed by atoms with Gasteiger partial charge in [0.25, 0.3) is 0 Å². The molecule has 1 atom stereocenters.